The molecule has 1 saturated carbocycles. The molecular formula is C16H26F3N3O5S. The molecule has 1 aliphatic carbocycles. The number of rotatable bonds is 5. The van der Waals surface area contributed by atoms with Gasteiger partial charge in [0, 0.05) is 38.1 Å². The van der Waals surface area contributed by atoms with Crippen LogP contribution in [0.15, 0.2) is 0 Å². The molecule has 2 atom stereocenters. The molecule has 8 nitrogen and oxygen atoms in total. The molecule has 0 radical (unpaired) electrons. The topological polar surface area (TPSA) is 98.2 Å². The van der Waals surface area contributed by atoms with Gasteiger partial charge >= 0.3 is 12.1 Å². The molecule has 1 amide bonds. The van der Waals surface area contributed by atoms with Gasteiger partial charge in [0.1, 0.15) is 0 Å². The zero-order valence-corrected chi connectivity index (χ0v) is 16.7. The summed E-state index contributed by atoms with van der Waals surface area (Å²) in [6, 6.07) is 0.0928. The Morgan fingerprint density at radius 1 is 1.18 bits per heavy atom. The Morgan fingerprint density at radius 2 is 1.75 bits per heavy atom. The SMILES string of the molecule is CN(C)CCN1C(=O)CC[C@@H]2[C@H]1CCN2S(=O)(=O)C1CC1.O=C(O)C(F)(F)F. The Hall–Kier alpha value is -1.40. The van der Waals surface area contributed by atoms with Gasteiger partial charge in [0.05, 0.1) is 5.25 Å². The van der Waals surface area contributed by atoms with E-state index >= 15 is 0 Å². The fourth-order valence-electron chi connectivity index (χ4n) is 3.58. The lowest BCUT2D eigenvalue weighted by molar-refractivity contribution is -0.192. The minimum atomic E-state index is -5.08. The van der Waals surface area contributed by atoms with Crippen molar-refractivity contribution in [2.45, 2.75) is 55.6 Å². The predicted octanol–water partition coefficient (Wildman–Crippen LogP) is 0.739. The van der Waals surface area contributed by atoms with Crippen molar-refractivity contribution in [3.05, 3.63) is 0 Å². The molecule has 1 N–H and O–H groups in total. The van der Waals surface area contributed by atoms with Crippen molar-refractivity contribution < 1.29 is 36.3 Å². The first-order chi connectivity index (χ1) is 12.9. The average Bonchev–Trinajstić information content (AvgIpc) is 3.34. The molecule has 0 aromatic rings. The van der Waals surface area contributed by atoms with E-state index in [1.165, 1.54) is 0 Å². The number of piperidine rings is 1. The number of nitrogens with zero attached hydrogens (tertiary/aromatic N) is 3. The van der Waals surface area contributed by atoms with Gasteiger partial charge in [-0.3, -0.25) is 4.79 Å². The maximum absolute atomic E-state index is 12.5. The molecule has 0 aromatic carbocycles. The summed E-state index contributed by atoms with van der Waals surface area (Å²) < 4.78 is 58.5. The number of carbonyl (C=O) groups excluding carboxylic acids is 1. The number of fused-ring (bicyclic) bond motifs is 1. The maximum atomic E-state index is 12.5. The van der Waals surface area contributed by atoms with Gasteiger partial charge in [-0.2, -0.15) is 17.5 Å². The fourth-order valence-corrected chi connectivity index (χ4v) is 5.68. The van der Waals surface area contributed by atoms with Crippen molar-refractivity contribution in [1.29, 1.82) is 0 Å². The summed E-state index contributed by atoms with van der Waals surface area (Å²) in [5.41, 5.74) is 0. The maximum Gasteiger partial charge on any atom is 0.490 e. The van der Waals surface area contributed by atoms with Crippen LogP contribution in [0.5, 0.6) is 0 Å². The van der Waals surface area contributed by atoms with Crippen molar-refractivity contribution >= 4 is 21.9 Å². The molecule has 0 unspecified atom stereocenters. The highest BCUT2D eigenvalue weighted by Crippen LogP contribution is 2.39. The molecule has 3 fully saturated rings. The van der Waals surface area contributed by atoms with E-state index in [1.807, 2.05) is 19.0 Å². The van der Waals surface area contributed by atoms with Crippen LogP contribution in [0.4, 0.5) is 13.2 Å². The highest BCUT2D eigenvalue weighted by molar-refractivity contribution is 7.90. The van der Waals surface area contributed by atoms with Crippen LogP contribution in [0.25, 0.3) is 0 Å². The predicted molar refractivity (Wildman–Crippen MR) is 94.0 cm³/mol. The van der Waals surface area contributed by atoms with E-state index in [0.717, 1.165) is 25.8 Å². The zero-order chi connectivity index (χ0) is 21.3. The number of carboxylic acids is 1. The van der Waals surface area contributed by atoms with Crippen LogP contribution in [0.1, 0.15) is 32.1 Å². The van der Waals surface area contributed by atoms with Gasteiger partial charge in [-0.15, -0.1) is 0 Å². The quantitative estimate of drug-likeness (QED) is 0.692. The number of sulfonamides is 1. The molecule has 2 heterocycles. The van der Waals surface area contributed by atoms with Gasteiger partial charge in [0.2, 0.25) is 15.9 Å². The van der Waals surface area contributed by atoms with Crippen LogP contribution in [0.3, 0.4) is 0 Å². The smallest absolute Gasteiger partial charge is 0.475 e. The number of aliphatic carboxylic acids is 1. The Morgan fingerprint density at radius 3 is 2.21 bits per heavy atom. The van der Waals surface area contributed by atoms with Gasteiger partial charge in [0.25, 0.3) is 0 Å². The van der Waals surface area contributed by atoms with Crippen LogP contribution < -0.4 is 0 Å². The lowest BCUT2D eigenvalue weighted by Gasteiger charge is -2.39. The van der Waals surface area contributed by atoms with Crippen molar-refractivity contribution in [2.24, 2.45) is 0 Å². The summed E-state index contributed by atoms with van der Waals surface area (Å²) >= 11 is 0. The molecule has 2 saturated heterocycles. The average molecular weight is 429 g/mol. The summed E-state index contributed by atoms with van der Waals surface area (Å²) in [6.45, 7) is 2.11. The van der Waals surface area contributed by atoms with E-state index in [-0.39, 0.29) is 23.2 Å². The van der Waals surface area contributed by atoms with E-state index in [9.17, 15) is 26.4 Å². The minimum absolute atomic E-state index is 0.00969. The summed E-state index contributed by atoms with van der Waals surface area (Å²) in [7, 11) is 0.858. The van der Waals surface area contributed by atoms with E-state index in [2.05, 4.69) is 4.90 Å². The fraction of sp³-hybridized carbons (Fsp3) is 0.875. The van der Waals surface area contributed by atoms with Gasteiger partial charge in [0.15, 0.2) is 0 Å². The molecule has 0 bridgehead atoms. The molecule has 28 heavy (non-hydrogen) atoms. The third-order valence-electron chi connectivity index (χ3n) is 5.14. The molecule has 0 aromatic heterocycles. The number of halogens is 3. The number of hydrogen-bond donors (Lipinski definition) is 1. The van der Waals surface area contributed by atoms with E-state index in [4.69, 9.17) is 9.90 Å². The molecule has 3 rings (SSSR count). The Bertz CT molecular complexity index is 694. The van der Waals surface area contributed by atoms with Gasteiger partial charge < -0.3 is 14.9 Å². The van der Waals surface area contributed by atoms with E-state index < -0.39 is 22.2 Å². The Balaban J connectivity index is 0.000000345. The van der Waals surface area contributed by atoms with Crippen molar-refractivity contribution in [3.8, 4) is 0 Å². The summed E-state index contributed by atoms with van der Waals surface area (Å²) in [6.07, 6.45) is -1.52. The second-order valence-electron chi connectivity index (χ2n) is 7.51. The highest BCUT2D eigenvalue weighted by Gasteiger charge is 2.51. The summed E-state index contributed by atoms with van der Waals surface area (Å²) in [4.78, 5) is 25.1. The highest BCUT2D eigenvalue weighted by atomic mass is 32.2. The third kappa shape index (κ3) is 5.35. The first kappa shape index (κ1) is 22.9. The Kier molecular flexibility index (Phi) is 6.98. The normalized spacial score (nSPS) is 26.1. The standard InChI is InChI=1S/C14H25N3O3S.C2HF3O2/c1-15(2)9-10-16-12-7-8-17(13(12)5-6-14(16)18)21(19,20)11-3-4-11;3-2(4,5)1(6)7/h11-13H,3-10H2,1-2H3;(H,6,7)/t12-,13-;/m1./s1. The molecule has 2 aliphatic heterocycles. The number of hydrogen-bond acceptors (Lipinski definition) is 5. The number of carboxylic acid groups (broad SMARTS) is 1. The number of likely N-dealkylation sites (N-methyl/N-ethyl adjacent to an activating group) is 1. The van der Waals surface area contributed by atoms with Gasteiger partial charge in [-0.05, 0) is 39.8 Å². The van der Waals surface area contributed by atoms with E-state index in [0.29, 0.717) is 25.9 Å². The van der Waals surface area contributed by atoms with Gasteiger partial charge in [-0.1, -0.05) is 0 Å². The number of likely N-dealkylation sites (tertiary alicyclic amines) is 1. The number of amides is 1. The van der Waals surface area contributed by atoms with Crippen LogP contribution in [-0.2, 0) is 19.6 Å². The van der Waals surface area contributed by atoms with Crippen LogP contribution in [0.2, 0.25) is 0 Å². The summed E-state index contributed by atoms with van der Waals surface area (Å²) in [5, 5.41) is 6.98. The molecule has 162 valence electrons. The zero-order valence-electron chi connectivity index (χ0n) is 15.9. The number of alkyl halides is 3. The molecule has 3 aliphatic rings. The second-order valence-corrected chi connectivity index (χ2v) is 9.68. The molecule has 0 spiro atoms. The lowest BCUT2D eigenvalue weighted by Crippen LogP contribution is -2.54. The lowest BCUT2D eigenvalue weighted by atomic mass is 9.97. The molecular weight excluding hydrogens is 403 g/mol. The third-order valence-corrected chi connectivity index (χ3v) is 7.56. The second kappa shape index (κ2) is 8.54. The van der Waals surface area contributed by atoms with Crippen LogP contribution >= 0.6 is 0 Å². The van der Waals surface area contributed by atoms with Crippen molar-refractivity contribution in [1.82, 2.24) is 14.1 Å². The number of carbonyl (C=O) groups is 2. The molecule has 12 heteroatoms. The first-order valence-corrected chi connectivity index (χ1v) is 10.6. The Labute approximate surface area is 162 Å². The monoisotopic (exact) mass is 429 g/mol. The first-order valence-electron chi connectivity index (χ1n) is 9.10. The van der Waals surface area contributed by atoms with Crippen LogP contribution in [0, 0.1) is 0 Å². The van der Waals surface area contributed by atoms with Crippen LogP contribution in [-0.4, -0.2) is 96.7 Å². The minimum Gasteiger partial charge on any atom is -0.475 e. The summed E-state index contributed by atoms with van der Waals surface area (Å²) in [5.74, 6) is -2.57. The van der Waals surface area contributed by atoms with Crippen molar-refractivity contribution in [2.75, 3.05) is 33.7 Å². The van der Waals surface area contributed by atoms with Gasteiger partial charge in [-0.25, -0.2) is 13.2 Å². The van der Waals surface area contributed by atoms with Crippen molar-refractivity contribution in [3.63, 3.8) is 0 Å². The largest absolute Gasteiger partial charge is 0.490 e. The van der Waals surface area contributed by atoms with E-state index in [1.54, 1.807) is 4.31 Å².